The average Bonchev–Trinajstić information content (AvgIpc) is 2.75. The highest BCUT2D eigenvalue weighted by Gasteiger charge is 2.16. The summed E-state index contributed by atoms with van der Waals surface area (Å²) >= 11 is 0. The molecule has 5 heteroatoms. The summed E-state index contributed by atoms with van der Waals surface area (Å²) in [7, 11) is 0. The van der Waals surface area contributed by atoms with Crippen LogP contribution in [0.15, 0.2) is 60.7 Å². The van der Waals surface area contributed by atoms with E-state index in [0.29, 0.717) is 32.6 Å². The third-order valence-corrected chi connectivity index (χ3v) is 4.88. The van der Waals surface area contributed by atoms with E-state index in [4.69, 9.17) is 0 Å². The minimum absolute atomic E-state index is 0.0183. The van der Waals surface area contributed by atoms with Gasteiger partial charge in [0.1, 0.15) is 0 Å². The van der Waals surface area contributed by atoms with E-state index in [9.17, 15) is 9.59 Å². The molecule has 0 heterocycles. The van der Waals surface area contributed by atoms with Gasteiger partial charge in [-0.15, -0.1) is 0 Å². The molecule has 3 amide bonds. The van der Waals surface area contributed by atoms with Crippen molar-refractivity contribution in [3.8, 4) is 0 Å². The van der Waals surface area contributed by atoms with Gasteiger partial charge in [-0.05, 0) is 30.9 Å². The fourth-order valence-electron chi connectivity index (χ4n) is 3.43. The Morgan fingerprint density at radius 1 is 0.862 bits per heavy atom. The van der Waals surface area contributed by atoms with E-state index in [1.165, 1.54) is 11.1 Å². The lowest BCUT2D eigenvalue weighted by Crippen LogP contribution is -2.42. The Kier molecular flexibility index (Phi) is 9.76. The average molecular weight is 396 g/mol. The van der Waals surface area contributed by atoms with Crippen LogP contribution in [0, 0.1) is 0 Å². The van der Waals surface area contributed by atoms with Crippen molar-refractivity contribution in [2.24, 2.45) is 0 Å². The van der Waals surface area contributed by atoms with Gasteiger partial charge in [-0.25, -0.2) is 4.79 Å². The maximum atomic E-state index is 12.3. The van der Waals surface area contributed by atoms with Gasteiger partial charge in [-0.2, -0.15) is 0 Å². The lowest BCUT2D eigenvalue weighted by molar-refractivity contribution is -0.121. The molecule has 0 aliphatic carbocycles. The number of benzene rings is 2. The number of hydrogen-bond acceptors (Lipinski definition) is 2. The summed E-state index contributed by atoms with van der Waals surface area (Å²) in [5, 5.41) is 5.83. The highest BCUT2D eigenvalue weighted by atomic mass is 16.2. The Bertz CT molecular complexity index is 695. The molecule has 156 valence electrons. The highest BCUT2D eigenvalue weighted by molar-refractivity contribution is 5.78. The molecular formula is C24H33N3O2. The lowest BCUT2D eigenvalue weighted by atomic mass is 9.88. The highest BCUT2D eigenvalue weighted by Crippen LogP contribution is 2.27. The zero-order valence-corrected chi connectivity index (χ0v) is 17.6. The normalized spacial score (nSPS) is 10.6. The molecule has 29 heavy (non-hydrogen) atoms. The molecule has 0 unspecified atom stereocenters. The van der Waals surface area contributed by atoms with Crippen molar-refractivity contribution in [1.82, 2.24) is 15.5 Å². The number of carbonyl (C=O) groups is 2. The van der Waals surface area contributed by atoms with Gasteiger partial charge in [0.05, 0.1) is 0 Å². The van der Waals surface area contributed by atoms with E-state index >= 15 is 0 Å². The van der Waals surface area contributed by atoms with E-state index in [2.05, 4.69) is 34.9 Å². The van der Waals surface area contributed by atoms with Crippen LogP contribution in [0.4, 0.5) is 4.79 Å². The predicted octanol–water partition coefficient (Wildman–Crippen LogP) is 4.16. The predicted molar refractivity (Wildman–Crippen MR) is 118 cm³/mol. The van der Waals surface area contributed by atoms with Crippen molar-refractivity contribution in [2.45, 2.75) is 39.0 Å². The standard InChI is InChI=1S/C24H33N3O2/c1-3-18-27(24(29)25-4-2)19-16-23(28)26-17-15-22(20-11-7-5-8-12-20)21-13-9-6-10-14-21/h5-14,22H,3-4,15-19H2,1-2H3,(H,25,29)(H,26,28). The second-order valence-electron chi connectivity index (χ2n) is 7.09. The molecule has 0 aliphatic heterocycles. The van der Waals surface area contributed by atoms with Gasteiger partial charge < -0.3 is 15.5 Å². The van der Waals surface area contributed by atoms with E-state index in [-0.39, 0.29) is 17.9 Å². The first-order valence-electron chi connectivity index (χ1n) is 10.5. The summed E-state index contributed by atoms with van der Waals surface area (Å²) in [4.78, 5) is 26.1. The first-order valence-corrected chi connectivity index (χ1v) is 10.5. The minimum atomic E-state index is -0.102. The van der Waals surface area contributed by atoms with Crippen molar-refractivity contribution < 1.29 is 9.59 Å². The van der Waals surface area contributed by atoms with Crippen molar-refractivity contribution >= 4 is 11.9 Å². The van der Waals surface area contributed by atoms with Crippen LogP contribution in [0.5, 0.6) is 0 Å². The molecule has 0 spiro atoms. The van der Waals surface area contributed by atoms with E-state index in [0.717, 1.165) is 12.8 Å². The first kappa shape index (κ1) is 22.5. The van der Waals surface area contributed by atoms with Crippen LogP contribution in [0.3, 0.4) is 0 Å². The number of amides is 3. The Morgan fingerprint density at radius 3 is 1.97 bits per heavy atom. The Hall–Kier alpha value is -2.82. The second kappa shape index (κ2) is 12.6. The molecule has 0 saturated carbocycles. The Morgan fingerprint density at radius 2 is 1.45 bits per heavy atom. The summed E-state index contributed by atoms with van der Waals surface area (Å²) in [6.07, 6.45) is 2.02. The smallest absolute Gasteiger partial charge is 0.317 e. The summed E-state index contributed by atoms with van der Waals surface area (Å²) in [5.74, 6) is 0.222. The van der Waals surface area contributed by atoms with Crippen LogP contribution in [-0.2, 0) is 4.79 Å². The molecule has 2 aromatic carbocycles. The summed E-state index contributed by atoms with van der Waals surface area (Å²) in [6.45, 7) is 6.20. The van der Waals surface area contributed by atoms with Crippen LogP contribution in [-0.4, -0.2) is 43.0 Å². The lowest BCUT2D eigenvalue weighted by Gasteiger charge is -2.22. The van der Waals surface area contributed by atoms with Crippen LogP contribution < -0.4 is 10.6 Å². The van der Waals surface area contributed by atoms with Crippen molar-refractivity contribution in [1.29, 1.82) is 0 Å². The van der Waals surface area contributed by atoms with Crippen molar-refractivity contribution in [3.63, 3.8) is 0 Å². The summed E-state index contributed by atoms with van der Waals surface area (Å²) < 4.78 is 0. The Balaban J connectivity index is 1.87. The monoisotopic (exact) mass is 395 g/mol. The SMILES string of the molecule is CCCN(CCC(=O)NCCC(c1ccccc1)c1ccccc1)C(=O)NCC. The van der Waals surface area contributed by atoms with Gasteiger partial charge in [0, 0.05) is 38.5 Å². The molecule has 0 radical (unpaired) electrons. The number of hydrogen-bond donors (Lipinski definition) is 2. The van der Waals surface area contributed by atoms with Gasteiger partial charge in [0.25, 0.3) is 0 Å². The molecule has 0 fully saturated rings. The van der Waals surface area contributed by atoms with Crippen molar-refractivity contribution in [3.05, 3.63) is 71.8 Å². The topological polar surface area (TPSA) is 61.4 Å². The molecule has 0 bridgehead atoms. The Labute approximate surface area is 174 Å². The van der Waals surface area contributed by atoms with Gasteiger partial charge in [-0.3, -0.25) is 4.79 Å². The number of nitrogens with zero attached hydrogens (tertiary/aromatic N) is 1. The van der Waals surface area contributed by atoms with Crippen LogP contribution in [0.1, 0.15) is 50.2 Å². The van der Waals surface area contributed by atoms with Crippen LogP contribution in [0.25, 0.3) is 0 Å². The van der Waals surface area contributed by atoms with Gasteiger partial charge >= 0.3 is 6.03 Å². The van der Waals surface area contributed by atoms with Crippen LogP contribution >= 0.6 is 0 Å². The number of urea groups is 1. The molecule has 2 rings (SSSR count). The molecule has 2 N–H and O–H groups in total. The molecule has 2 aromatic rings. The maximum absolute atomic E-state index is 12.3. The molecule has 0 atom stereocenters. The maximum Gasteiger partial charge on any atom is 0.317 e. The number of nitrogens with one attached hydrogen (secondary N) is 2. The first-order chi connectivity index (χ1) is 14.2. The molecule has 0 saturated heterocycles. The van der Waals surface area contributed by atoms with E-state index in [1.807, 2.05) is 50.2 Å². The zero-order valence-electron chi connectivity index (χ0n) is 17.6. The molecule has 0 aliphatic rings. The third-order valence-electron chi connectivity index (χ3n) is 4.88. The van der Waals surface area contributed by atoms with E-state index < -0.39 is 0 Å². The number of rotatable bonds is 11. The molecule has 5 nitrogen and oxygen atoms in total. The van der Waals surface area contributed by atoms with Gasteiger partial charge in [0.15, 0.2) is 0 Å². The second-order valence-corrected chi connectivity index (χ2v) is 7.09. The van der Waals surface area contributed by atoms with Crippen molar-refractivity contribution in [2.75, 3.05) is 26.2 Å². The largest absolute Gasteiger partial charge is 0.356 e. The van der Waals surface area contributed by atoms with Gasteiger partial charge in [-0.1, -0.05) is 67.6 Å². The zero-order chi connectivity index (χ0) is 20.9. The summed E-state index contributed by atoms with van der Waals surface area (Å²) in [5.41, 5.74) is 2.50. The quantitative estimate of drug-likeness (QED) is 0.600. The minimum Gasteiger partial charge on any atom is -0.356 e. The summed E-state index contributed by atoms with van der Waals surface area (Å²) in [6, 6.07) is 20.7. The third kappa shape index (κ3) is 7.60. The molecular weight excluding hydrogens is 362 g/mol. The number of carbonyl (C=O) groups excluding carboxylic acids is 2. The fraction of sp³-hybridized carbons (Fsp3) is 0.417. The molecule has 0 aromatic heterocycles. The van der Waals surface area contributed by atoms with Gasteiger partial charge in [0.2, 0.25) is 5.91 Å². The van der Waals surface area contributed by atoms with E-state index in [1.54, 1.807) is 4.90 Å². The fourth-order valence-corrected chi connectivity index (χ4v) is 3.43. The van der Waals surface area contributed by atoms with Crippen LogP contribution in [0.2, 0.25) is 0 Å².